The zero-order chi connectivity index (χ0) is 31.5. The van der Waals surface area contributed by atoms with Gasteiger partial charge in [-0.2, -0.15) is 0 Å². The first-order valence-electron chi connectivity index (χ1n) is 14.4. The van der Waals surface area contributed by atoms with Crippen LogP contribution in [0.3, 0.4) is 0 Å². The molecule has 0 aliphatic carbocycles. The normalized spacial score (nSPS) is 17.5. The fourth-order valence-corrected chi connectivity index (χ4v) is 5.32. The van der Waals surface area contributed by atoms with Gasteiger partial charge in [0.25, 0.3) is 0 Å². The topological polar surface area (TPSA) is 99.6 Å². The third kappa shape index (κ3) is 8.82. The quantitative estimate of drug-likeness (QED) is 0.283. The van der Waals surface area contributed by atoms with Crippen molar-refractivity contribution in [3.05, 3.63) is 71.4 Å². The maximum absolute atomic E-state index is 15.0. The van der Waals surface area contributed by atoms with E-state index in [-0.39, 0.29) is 30.5 Å². The molecular weight excluding hydrogens is 559 g/mol. The van der Waals surface area contributed by atoms with Crippen molar-refractivity contribution in [3.8, 4) is 11.3 Å². The standard InChI is InChI=1S/C32H40F3N5O3/c1-19-11-22(39-30(41)43-31(2,3)4)18-40(17-19)27-9-10-36-16-26(27)37-15-21-7-8-23(33)29(38-21)28-24(34)12-20(13-25(28)35)14-32(5,6)42/h7-10,12-13,16,19,22,37,42H,11,14-15,17-18H2,1-6H3,(H,39,41). The largest absolute Gasteiger partial charge is 0.444 e. The molecule has 1 aliphatic heterocycles. The lowest BCUT2D eigenvalue weighted by atomic mass is 9.95. The van der Waals surface area contributed by atoms with Crippen LogP contribution in [0.5, 0.6) is 0 Å². The molecule has 0 spiro atoms. The Morgan fingerprint density at radius 1 is 1.07 bits per heavy atom. The number of anilines is 2. The van der Waals surface area contributed by atoms with Crippen molar-refractivity contribution in [3.63, 3.8) is 0 Å². The summed E-state index contributed by atoms with van der Waals surface area (Å²) >= 11 is 0. The number of aromatic nitrogens is 2. The number of nitrogens with one attached hydrogen (secondary N) is 2. The molecule has 1 amide bonds. The van der Waals surface area contributed by atoms with Crippen molar-refractivity contribution >= 4 is 17.5 Å². The maximum Gasteiger partial charge on any atom is 0.407 e. The second-order valence-electron chi connectivity index (χ2n) is 12.9. The number of aliphatic hydroxyl groups is 1. The molecule has 2 unspecified atom stereocenters. The molecule has 1 aliphatic rings. The molecule has 2 atom stereocenters. The molecule has 2 aromatic heterocycles. The third-order valence-electron chi connectivity index (χ3n) is 6.86. The van der Waals surface area contributed by atoms with Crippen LogP contribution in [0.15, 0.2) is 42.7 Å². The summed E-state index contributed by atoms with van der Waals surface area (Å²) < 4.78 is 50.3. The summed E-state index contributed by atoms with van der Waals surface area (Å²) in [5, 5.41) is 16.3. The molecule has 1 fully saturated rings. The van der Waals surface area contributed by atoms with E-state index in [1.54, 1.807) is 12.4 Å². The van der Waals surface area contributed by atoms with Gasteiger partial charge in [-0.1, -0.05) is 6.92 Å². The van der Waals surface area contributed by atoms with Crippen molar-refractivity contribution in [2.24, 2.45) is 5.92 Å². The number of benzene rings is 1. The van der Waals surface area contributed by atoms with Crippen molar-refractivity contribution in [1.82, 2.24) is 15.3 Å². The number of carbonyl (C=O) groups excluding carboxylic acids is 1. The Morgan fingerprint density at radius 2 is 1.77 bits per heavy atom. The predicted octanol–water partition coefficient (Wildman–Crippen LogP) is 6.23. The highest BCUT2D eigenvalue weighted by atomic mass is 19.1. The average molecular weight is 600 g/mol. The van der Waals surface area contributed by atoms with Crippen LogP contribution in [0.2, 0.25) is 0 Å². The smallest absolute Gasteiger partial charge is 0.407 e. The summed E-state index contributed by atoms with van der Waals surface area (Å²) in [6.07, 6.45) is 3.71. The van der Waals surface area contributed by atoms with Gasteiger partial charge < -0.3 is 25.4 Å². The number of hydrogen-bond acceptors (Lipinski definition) is 7. The van der Waals surface area contributed by atoms with E-state index < -0.39 is 46.0 Å². The minimum atomic E-state index is -1.16. The van der Waals surface area contributed by atoms with E-state index >= 15 is 8.78 Å². The van der Waals surface area contributed by atoms with E-state index in [0.29, 0.717) is 17.9 Å². The first-order chi connectivity index (χ1) is 20.1. The highest BCUT2D eigenvalue weighted by Gasteiger charge is 2.29. The highest BCUT2D eigenvalue weighted by molar-refractivity contribution is 5.71. The monoisotopic (exact) mass is 599 g/mol. The number of nitrogens with zero attached hydrogens (tertiary/aromatic N) is 3. The van der Waals surface area contributed by atoms with Crippen LogP contribution >= 0.6 is 0 Å². The molecule has 232 valence electrons. The predicted molar refractivity (Wildman–Crippen MR) is 160 cm³/mol. The second kappa shape index (κ2) is 12.8. The highest BCUT2D eigenvalue weighted by Crippen LogP contribution is 2.32. The number of alkyl carbamates (subject to hydrolysis) is 1. The maximum atomic E-state index is 15.0. The second-order valence-corrected chi connectivity index (χ2v) is 12.9. The fourth-order valence-electron chi connectivity index (χ4n) is 5.32. The lowest BCUT2D eigenvalue weighted by molar-refractivity contribution is 0.0495. The van der Waals surface area contributed by atoms with E-state index in [9.17, 15) is 14.3 Å². The summed E-state index contributed by atoms with van der Waals surface area (Å²) in [6.45, 7) is 12.1. The van der Waals surface area contributed by atoms with Gasteiger partial charge in [-0.3, -0.25) is 4.98 Å². The first-order valence-corrected chi connectivity index (χ1v) is 14.4. The van der Waals surface area contributed by atoms with Crippen molar-refractivity contribution in [2.45, 2.75) is 78.2 Å². The Kier molecular flexibility index (Phi) is 9.54. The molecule has 3 N–H and O–H groups in total. The molecular formula is C32H40F3N5O3. The van der Waals surface area contributed by atoms with E-state index in [2.05, 4.69) is 32.4 Å². The number of carbonyl (C=O) groups is 1. The fraction of sp³-hybridized carbons (Fsp3) is 0.469. The van der Waals surface area contributed by atoms with Crippen LogP contribution < -0.4 is 15.5 Å². The van der Waals surface area contributed by atoms with Crippen LogP contribution in [-0.4, -0.2) is 51.5 Å². The Balaban J connectivity index is 1.51. The molecule has 8 nitrogen and oxygen atoms in total. The zero-order valence-electron chi connectivity index (χ0n) is 25.5. The van der Waals surface area contributed by atoms with Crippen molar-refractivity contribution in [1.29, 1.82) is 0 Å². The number of piperidine rings is 1. The molecule has 3 heterocycles. The lowest BCUT2D eigenvalue weighted by Crippen LogP contribution is -2.51. The van der Waals surface area contributed by atoms with Crippen LogP contribution in [0.25, 0.3) is 11.3 Å². The average Bonchev–Trinajstić information content (AvgIpc) is 2.86. The molecule has 4 rings (SSSR count). The van der Waals surface area contributed by atoms with Gasteiger partial charge in [0, 0.05) is 31.7 Å². The van der Waals surface area contributed by atoms with Crippen LogP contribution in [-0.2, 0) is 17.7 Å². The number of amides is 1. The van der Waals surface area contributed by atoms with Gasteiger partial charge in [0.2, 0.25) is 0 Å². The first kappa shape index (κ1) is 32.1. The third-order valence-corrected chi connectivity index (χ3v) is 6.86. The Hall–Kier alpha value is -3.86. The Morgan fingerprint density at radius 3 is 2.42 bits per heavy atom. The Labute approximate surface area is 250 Å². The molecule has 0 radical (unpaired) electrons. The van der Waals surface area contributed by atoms with Gasteiger partial charge in [-0.25, -0.2) is 22.9 Å². The van der Waals surface area contributed by atoms with E-state index in [1.807, 2.05) is 26.8 Å². The van der Waals surface area contributed by atoms with E-state index in [0.717, 1.165) is 36.9 Å². The van der Waals surface area contributed by atoms with Crippen LogP contribution in [0.4, 0.5) is 29.3 Å². The molecule has 1 aromatic carbocycles. The molecule has 3 aromatic rings. The Bertz CT molecular complexity index is 1430. The van der Waals surface area contributed by atoms with Gasteiger partial charge in [0.1, 0.15) is 28.7 Å². The SMILES string of the molecule is CC1CC(NC(=O)OC(C)(C)C)CN(c2ccncc2NCc2ccc(F)c(-c3c(F)cc(CC(C)(C)O)cc3F)n2)C1. The van der Waals surface area contributed by atoms with Gasteiger partial charge in [-0.05, 0) is 82.9 Å². The number of halogens is 3. The number of hydrogen-bond donors (Lipinski definition) is 3. The molecule has 43 heavy (non-hydrogen) atoms. The lowest BCUT2D eigenvalue weighted by Gasteiger charge is -2.39. The van der Waals surface area contributed by atoms with Crippen molar-refractivity contribution < 1.29 is 27.8 Å². The minimum absolute atomic E-state index is 0.0298. The summed E-state index contributed by atoms with van der Waals surface area (Å²) in [4.78, 5) is 23.1. The summed E-state index contributed by atoms with van der Waals surface area (Å²) in [5.74, 6) is -2.49. The molecule has 1 saturated heterocycles. The van der Waals surface area contributed by atoms with Crippen molar-refractivity contribution in [2.75, 3.05) is 23.3 Å². The minimum Gasteiger partial charge on any atom is -0.444 e. The molecule has 11 heteroatoms. The van der Waals surface area contributed by atoms with Crippen LogP contribution in [0.1, 0.15) is 59.2 Å². The van der Waals surface area contributed by atoms with Gasteiger partial charge in [0.15, 0.2) is 0 Å². The van der Waals surface area contributed by atoms with Gasteiger partial charge in [0.05, 0.1) is 41.0 Å². The number of rotatable bonds is 8. The summed E-state index contributed by atoms with van der Waals surface area (Å²) in [5.41, 5.74) is -0.594. The number of ether oxygens (including phenoxy) is 1. The zero-order valence-corrected chi connectivity index (χ0v) is 25.5. The van der Waals surface area contributed by atoms with Crippen LogP contribution in [0, 0.1) is 23.4 Å². The molecule has 0 bridgehead atoms. The summed E-state index contributed by atoms with van der Waals surface area (Å²) in [6, 6.07) is 6.51. The van der Waals surface area contributed by atoms with E-state index in [4.69, 9.17) is 4.74 Å². The molecule has 0 saturated carbocycles. The van der Waals surface area contributed by atoms with Gasteiger partial charge in [-0.15, -0.1) is 0 Å². The van der Waals surface area contributed by atoms with E-state index in [1.165, 1.54) is 19.9 Å². The van der Waals surface area contributed by atoms with Gasteiger partial charge >= 0.3 is 6.09 Å². The summed E-state index contributed by atoms with van der Waals surface area (Å²) in [7, 11) is 0. The number of pyridine rings is 2.